The Bertz CT molecular complexity index is 1520. The van der Waals surface area contributed by atoms with Gasteiger partial charge in [-0.15, -0.1) is 0 Å². The lowest BCUT2D eigenvalue weighted by molar-refractivity contribution is -0.359. The van der Waals surface area contributed by atoms with Crippen LogP contribution in [0.4, 0.5) is 0 Å². The first kappa shape index (κ1) is 79.6. The summed E-state index contributed by atoms with van der Waals surface area (Å²) in [6, 6.07) is -0.929. The van der Waals surface area contributed by atoms with Gasteiger partial charge >= 0.3 is 0 Å². The minimum atomic E-state index is -1.79. The van der Waals surface area contributed by atoms with Gasteiger partial charge in [0.1, 0.15) is 48.8 Å². The van der Waals surface area contributed by atoms with Gasteiger partial charge in [-0.2, -0.15) is 0 Å². The maximum absolute atomic E-state index is 13.3. The number of amides is 1. The van der Waals surface area contributed by atoms with E-state index in [-0.39, 0.29) is 18.9 Å². The summed E-state index contributed by atoms with van der Waals surface area (Å²) in [4.78, 5) is 13.3. The molecule has 0 aromatic heterocycles. The number of aliphatic hydroxyl groups excluding tert-OH is 8. The van der Waals surface area contributed by atoms with E-state index < -0.39 is 86.8 Å². The van der Waals surface area contributed by atoms with Crippen molar-refractivity contribution < 1.29 is 64.6 Å². The van der Waals surface area contributed by atoms with E-state index in [1.165, 1.54) is 263 Å². The zero-order valence-corrected chi connectivity index (χ0v) is 54.6. The molecule has 2 saturated heterocycles. The van der Waals surface area contributed by atoms with Crippen LogP contribution in [0.15, 0.2) is 24.3 Å². The standard InChI is InChI=1S/C71H135NO13/c1-3-5-7-9-11-13-15-17-19-21-23-25-27-29-31-33-35-37-39-41-43-45-47-49-51-53-55-63(76)72-59(58-82-70-68(81)66(79)69(62(57-74)84-70)85-71-67(80)65(78)64(77)61(56-73)83-71)60(75)54-52-50-48-46-44-42-40-38-36-34-32-30-28-26-24-22-20-18-16-14-12-10-8-6-4-2/h44,46,52,54,59-62,64-71,73-75,77-81H,3-43,45,47-51,53,55-58H2,1-2H3,(H,72,76)/b46-44+,54-52+. The Labute approximate surface area is 519 Å². The van der Waals surface area contributed by atoms with Crippen LogP contribution in [0, 0.1) is 0 Å². The van der Waals surface area contributed by atoms with Gasteiger partial charge in [0.05, 0.1) is 32.0 Å². The highest BCUT2D eigenvalue weighted by Crippen LogP contribution is 2.30. The molecule has 2 aliphatic rings. The number of carbonyl (C=O) groups is 1. The number of aliphatic hydroxyl groups is 8. The predicted octanol–water partition coefficient (Wildman–Crippen LogP) is 14.7. The maximum Gasteiger partial charge on any atom is 0.220 e. The van der Waals surface area contributed by atoms with Gasteiger partial charge < -0.3 is 65.1 Å². The van der Waals surface area contributed by atoms with Gasteiger partial charge in [0.25, 0.3) is 0 Å². The molecule has 12 unspecified atom stereocenters. The molecule has 0 saturated carbocycles. The van der Waals surface area contributed by atoms with Crippen LogP contribution < -0.4 is 5.32 Å². The molecule has 85 heavy (non-hydrogen) atoms. The first-order valence-corrected chi connectivity index (χ1v) is 36.1. The second-order valence-electron chi connectivity index (χ2n) is 25.7. The van der Waals surface area contributed by atoms with Gasteiger partial charge in [-0.25, -0.2) is 0 Å². The summed E-state index contributed by atoms with van der Waals surface area (Å²) in [5.41, 5.74) is 0. The maximum atomic E-state index is 13.3. The number of hydrogen-bond donors (Lipinski definition) is 9. The monoisotopic (exact) mass is 1210 g/mol. The Hall–Kier alpha value is -1.53. The van der Waals surface area contributed by atoms with E-state index in [2.05, 4.69) is 31.3 Å². The van der Waals surface area contributed by atoms with E-state index >= 15 is 0 Å². The van der Waals surface area contributed by atoms with Crippen LogP contribution in [-0.2, 0) is 23.7 Å². The molecule has 2 heterocycles. The Kier molecular flexibility index (Phi) is 52.8. The molecule has 0 aromatic rings. The van der Waals surface area contributed by atoms with Gasteiger partial charge in [0.2, 0.25) is 5.91 Å². The quantitative estimate of drug-likeness (QED) is 0.0204. The summed E-state index contributed by atoms with van der Waals surface area (Å²) < 4.78 is 22.9. The highest BCUT2D eigenvalue weighted by molar-refractivity contribution is 5.76. The molecule has 12 atom stereocenters. The van der Waals surface area contributed by atoms with Crippen LogP contribution >= 0.6 is 0 Å². The first-order valence-electron chi connectivity index (χ1n) is 36.1. The van der Waals surface area contributed by atoms with Crippen molar-refractivity contribution in [3.8, 4) is 0 Å². The number of allylic oxidation sites excluding steroid dienone is 3. The van der Waals surface area contributed by atoms with Crippen molar-refractivity contribution in [1.82, 2.24) is 5.32 Å². The van der Waals surface area contributed by atoms with Crippen molar-refractivity contribution in [1.29, 1.82) is 0 Å². The van der Waals surface area contributed by atoms with Crippen LogP contribution in [0.2, 0.25) is 0 Å². The number of ether oxygens (including phenoxy) is 4. The molecule has 14 nitrogen and oxygen atoms in total. The third-order valence-corrected chi connectivity index (χ3v) is 17.9. The molecule has 0 radical (unpaired) electrons. The minimum Gasteiger partial charge on any atom is -0.394 e. The molecule has 0 bridgehead atoms. The average Bonchev–Trinajstić information content (AvgIpc) is 3.69. The van der Waals surface area contributed by atoms with Crippen LogP contribution in [0.1, 0.15) is 328 Å². The summed E-state index contributed by atoms with van der Waals surface area (Å²) in [5, 5.41) is 87.4. The number of rotatable bonds is 60. The molecule has 2 fully saturated rings. The van der Waals surface area contributed by atoms with Gasteiger partial charge in [0, 0.05) is 6.42 Å². The van der Waals surface area contributed by atoms with Crippen molar-refractivity contribution in [3.63, 3.8) is 0 Å². The molecule has 2 aliphatic heterocycles. The average molecular weight is 1210 g/mol. The molecule has 0 aliphatic carbocycles. The van der Waals surface area contributed by atoms with Gasteiger partial charge in [-0.05, 0) is 32.1 Å². The van der Waals surface area contributed by atoms with Crippen molar-refractivity contribution >= 4 is 5.91 Å². The summed E-state index contributed by atoms with van der Waals surface area (Å²) in [6.45, 7) is 2.84. The van der Waals surface area contributed by atoms with Gasteiger partial charge in [-0.3, -0.25) is 4.79 Å². The number of unbranched alkanes of at least 4 members (excludes halogenated alkanes) is 45. The van der Waals surface area contributed by atoms with E-state index in [4.69, 9.17) is 18.9 Å². The lowest BCUT2D eigenvalue weighted by Crippen LogP contribution is -2.65. The van der Waals surface area contributed by atoms with Crippen molar-refractivity contribution in [2.45, 2.75) is 402 Å². The van der Waals surface area contributed by atoms with Crippen molar-refractivity contribution in [2.24, 2.45) is 0 Å². The van der Waals surface area contributed by atoms with Gasteiger partial charge in [-0.1, -0.05) is 314 Å². The zero-order valence-electron chi connectivity index (χ0n) is 54.6. The summed E-state index contributed by atoms with van der Waals surface area (Å²) in [6.07, 6.45) is 53.9. The van der Waals surface area contributed by atoms with Crippen LogP contribution in [-0.4, -0.2) is 140 Å². The molecule has 0 spiro atoms. The molecule has 0 aromatic carbocycles. The number of carbonyl (C=O) groups excluding carboxylic acids is 1. The number of nitrogens with one attached hydrogen (secondary N) is 1. The largest absolute Gasteiger partial charge is 0.394 e. The Morgan fingerprint density at radius 2 is 0.753 bits per heavy atom. The molecule has 9 N–H and O–H groups in total. The highest BCUT2D eigenvalue weighted by atomic mass is 16.7. The van der Waals surface area contributed by atoms with E-state index in [1.54, 1.807) is 6.08 Å². The fraction of sp³-hybridized carbons (Fsp3) is 0.930. The zero-order chi connectivity index (χ0) is 61.6. The van der Waals surface area contributed by atoms with E-state index in [9.17, 15) is 45.6 Å². The highest BCUT2D eigenvalue weighted by Gasteiger charge is 2.51. The second-order valence-corrected chi connectivity index (χ2v) is 25.7. The predicted molar refractivity (Wildman–Crippen MR) is 346 cm³/mol. The minimum absolute atomic E-state index is 0.241. The number of hydrogen-bond acceptors (Lipinski definition) is 13. The molecular weight excluding hydrogens is 1070 g/mol. The Morgan fingerprint density at radius 1 is 0.412 bits per heavy atom. The van der Waals surface area contributed by atoms with Crippen molar-refractivity contribution in [2.75, 3.05) is 19.8 Å². The fourth-order valence-corrected chi connectivity index (χ4v) is 12.1. The molecular formula is C71H135NO13. The van der Waals surface area contributed by atoms with Crippen LogP contribution in [0.25, 0.3) is 0 Å². The second kappa shape index (κ2) is 56.5. The summed E-state index contributed by atoms with van der Waals surface area (Å²) >= 11 is 0. The van der Waals surface area contributed by atoms with E-state index in [0.717, 1.165) is 32.1 Å². The van der Waals surface area contributed by atoms with Crippen LogP contribution in [0.5, 0.6) is 0 Å². The third kappa shape index (κ3) is 40.8. The van der Waals surface area contributed by atoms with E-state index in [1.807, 2.05) is 6.08 Å². The topological polar surface area (TPSA) is 228 Å². The fourth-order valence-electron chi connectivity index (χ4n) is 12.1. The lowest BCUT2D eigenvalue weighted by Gasteiger charge is -2.46. The first-order chi connectivity index (χ1) is 41.6. The smallest absolute Gasteiger partial charge is 0.220 e. The molecule has 1 amide bonds. The molecule has 2 rings (SSSR count). The Balaban J connectivity index is 1.68. The van der Waals surface area contributed by atoms with Gasteiger partial charge in [0.15, 0.2) is 12.6 Å². The summed E-state index contributed by atoms with van der Waals surface area (Å²) in [7, 11) is 0. The lowest BCUT2D eigenvalue weighted by atomic mass is 9.97. The normalized spacial score (nSPS) is 23.6. The van der Waals surface area contributed by atoms with Crippen LogP contribution in [0.3, 0.4) is 0 Å². The summed E-state index contributed by atoms with van der Waals surface area (Å²) in [5.74, 6) is -0.241. The third-order valence-electron chi connectivity index (χ3n) is 17.9. The van der Waals surface area contributed by atoms with E-state index in [0.29, 0.717) is 12.8 Å². The molecule has 14 heteroatoms. The Morgan fingerprint density at radius 3 is 1.15 bits per heavy atom. The SMILES string of the molecule is CCCCCCCCCCCCCCCCCCCCC/C=C/CC/C=C/C(O)C(COC1OC(CO)C(OC2OC(CO)C(O)C(O)C2O)C(O)C1O)NC(=O)CCCCCCCCCCCCCCCCCCCCCCCCCCCC. The van der Waals surface area contributed by atoms with Crippen molar-refractivity contribution in [3.05, 3.63) is 24.3 Å². The molecule has 502 valence electrons.